The van der Waals surface area contributed by atoms with Crippen molar-refractivity contribution in [3.05, 3.63) is 53.6 Å². The highest BCUT2D eigenvalue weighted by Gasteiger charge is 2.15. The first kappa shape index (κ1) is 23.0. The van der Waals surface area contributed by atoms with E-state index in [0.717, 1.165) is 5.56 Å². The van der Waals surface area contributed by atoms with Gasteiger partial charge in [-0.25, -0.2) is 0 Å². The number of methoxy groups -OCH3 is 2. The van der Waals surface area contributed by atoms with E-state index in [4.69, 9.17) is 14.2 Å². The summed E-state index contributed by atoms with van der Waals surface area (Å²) >= 11 is 0. The number of hydrogen-bond donors (Lipinski definition) is 0. The number of allylic oxidation sites excluding steroid dienone is 1. The van der Waals surface area contributed by atoms with Crippen LogP contribution in [-0.4, -0.2) is 45.3 Å². The van der Waals surface area contributed by atoms with Crippen LogP contribution in [-0.2, 0) is 11.3 Å². The summed E-state index contributed by atoms with van der Waals surface area (Å²) in [5.74, 6) is 0.772. The second kappa shape index (κ2) is 11.0. The Morgan fingerprint density at radius 2 is 1.73 bits per heavy atom. The molecule has 0 fully saturated rings. The molecule has 0 atom stereocenters. The number of amides is 1. The van der Waals surface area contributed by atoms with E-state index in [9.17, 15) is 13.6 Å². The lowest BCUT2D eigenvalue weighted by Crippen LogP contribution is -2.31. The summed E-state index contributed by atoms with van der Waals surface area (Å²) in [6, 6.07) is 10.0. The lowest BCUT2D eigenvalue weighted by atomic mass is 10.2. The molecule has 0 saturated carbocycles. The molecule has 0 radical (unpaired) electrons. The van der Waals surface area contributed by atoms with Crippen molar-refractivity contribution in [3.8, 4) is 23.0 Å². The third kappa shape index (κ3) is 6.37. The zero-order chi connectivity index (χ0) is 22.1. The second-order valence-corrected chi connectivity index (χ2v) is 6.31. The van der Waals surface area contributed by atoms with E-state index in [-0.39, 0.29) is 30.6 Å². The average molecular weight is 421 g/mol. The second-order valence-electron chi connectivity index (χ2n) is 6.31. The fraction of sp³-hybridized carbons (Fsp3) is 0.318. The summed E-state index contributed by atoms with van der Waals surface area (Å²) in [4.78, 5) is 13.9. The molecule has 2 aromatic carbocycles. The maximum Gasteiger partial charge on any atom is 0.387 e. The van der Waals surface area contributed by atoms with Crippen LogP contribution in [0.4, 0.5) is 8.78 Å². The summed E-state index contributed by atoms with van der Waals surface area (Å²) in [6.45, 7) is -1.08. The van der Waals surface area contributed by atoms with Gasteiger partial charge in [0.1, 0.15) is 0 Å². The monoisotopic (exact) mass is 421 g/mol. The molecule has 0 heterocycles. The van der Waals surface area contributed by atoms with Crippen molar-refractivity contribution in [1.29, 1.82) is 0 Å². The fourth-order valence-electron chi connectivity index (χ4n) is 2.72. The van der Waals surface area contributed by atoms with Crippen LogP contribution in [0.15, 0.2) is 42.5 Å². The summed E-state index contributed by atoms with van der Waals surface area (Å²) < 4.78 is 45.6. The molecule has 0 spiro atoms. The van der Waals surface area contributed by atoms with Gasteiger partial charge in [-0.2, -0.15) is 8.78 Å². The van der Waals surface area contributed by atoms with Crippen molar-refractivity contribution in [1.82, 2.24) is 4.90 Å². The van der Waals surface area contributed by atoms with Crippen LogP contribution in [0.3, 0.4) is 0 Å². The van der Waals surface area contributed by atoms with Gasteiger partial charge >= 0.3 is 6.61 Å². The van der Waals surface area contributed by atoms with Crippen LogP contribution in [0.1, 0.15) is 18.1 Å². The van der Waals surface area contributed by atoms with Gasteiger partial charge in [-0.1, -0.05) is 24.3 Å². The van der Waals surface area contributed by atoms with Gasteiger partial charge in [-0.05, 0) is 42.3 Å². The van der Waals surface area contributed by atoms with Crippen LogP contribution in [0.2, 0.25) is 0 Å². The molecule has 6 nitrogen and oxygen atoms in total. The van der Waals surface area contributed by atoms with Crippen molar-refractivity contribution >= 4 is 12.0 Å². The minimum absolute atomic E-state index is 0.0898. The molecule has 8 heteroatoms. The smallest absolute Gasteiger partial charge is 0.387 e. The Balaban J connectivity index is 2.01. The Hall–Kier alpha value is -3.29. The van der Waals surface area contributed by atoms with Gasteiger partial charge in [0.05, 0.1) is 14.2 Å². The lowest BCUT2D eigenvalue weighted by molar-refractivity contribution is -0.132. The number of alkyl halides is 2. The predicted octanol–water partition coefficient (Wildman–Crippen LogP) is 4.38. The number of rotatable bonds is 10. The van der Waals surface area contributed by atoms with E-state index in [0.29, 0.717) is 17.1 Å². The molecule has 0 aliphatic heterocycles. The van der Waals surface area contributed by atoms with E-state index in [1.807, 2.05) is 31.2 Å². The highest BCUT2D eigenvalue weighted by molar-refractivity contribution is 5.77. The van der Waals surface area contributed by atoms with E-state index >= 15 is 0 Å². The van der Waals surface area contributed by atoms with Gasteiger partial charge in [0.15, 0.2) is 29.6 Å². The Kier molecular flexibility index (Phi) is 8.46. The number of carbonyl (C=O) groups is 1. The minimum Gasteiger partial charge on any atom is -0.493 e. The van der Waals surface area contributed by atoms with Crippen molar-refractivity contribution < 1.29 is 32.5 Å². The third-order valence-corrected chi connectivity index (χ3v) is 4.19. The molecule has 162 valence electrons. The first-order valence-electron chi connectivity index (χ1n) is 9.17. The van der Waals surface area contributed by atoms with Gasteiger partial charge in [0.25, 0.3) is 5.91 Å². The van der Waals surface area contributed by atoms with Gasteiger partial charge in [0.2, 0.25) is 0 Å². The topological polar surface area (TPSA) is 57.2 Å². The van der Waals surface area contributed by atoms with E-state index < -0.39 is 6.61 Å². The third-order valence-electron chi connectivity index (χ3n) is 4.19. The molecule has 2 rings (SSSR count). The van der Waals surface area contributed by atoms with Crippen LogP contribution >= 0.6 is 0 Å². The number of likely N-dealkylation sites (N-methyl/N-ethyl adjacent to an activating group) is 1. The molecule has 0 N–H and O–H groups in total. The van der Waals surface area contributed by atoms with Crippen LogP contribution in [0, 0.1) is 0 Å². The average Bonchev–Trinajstić information content (AvgIpc) is 2.72. The molecular weight excluding hydrogens is 396 g/mol. The molecule has 0 unspecified atom stereocenters. The maximum absolute atomic E-state index is 12.6. The normalized spacial score (nSPS) is 10.9. The zero-order valence-corrected chi connectivity index (χ0v) is 17.4. The number of nitrogens with zero attached hydrogens (tertiary/aromatic N) is 1. The Morgan fingerprint density at radius 1 is 1.03 bits per heavy atom. The standard InChI is InChI=1S/C22H25F2NO5/c1-5-6-15-7-10-18(19(11-15)28-4)29-14-21(26)25(2)13-16-8-9-17(27-3)20(12-16)30-22(23)24/h5-12,22H,13-14H2,1-4H3/b6-5+. The van der Waals surface area contributed by atoms with Crippen LogP contribution in [0.25, 0.3) is 6.08 Å². The summed E-state index contributed by atoms with van der Waals surface area (Å²) in [5.41, 5.74) is 1.56. The van der Waals surface area contributed by atoms with E-state index in [2.05, 4.69) is 4.74 Å². The van der Waals surface area contributed by atoms with Crippen molar-refractivity contribution in [2.75, 3.05) is 27.9 Å². The van der Waals surface area contributed by atoms with Crippen molar-refractivity contribution in [2.45, 2.75) is 20.1 Å². The number of carbonyl (C=O) groups excluding carboxylic acids is 1. The van der Waals surface area contributed by atoms with Crippen LogP contribution in [0.5, 0.6) is 23.0 Å². The quantitative estimate of drug-likeness (QED) is 0.570. The van der Waals surface area contributed by atoms with E-state index in [1.165, 1.54) is 31.3 Å². The first-order valence-corrected chi connectivity index (χ1v) is 9.17. The highest BCUT2D eigenvalue weighted by atomic mass is 19.3. The Labute approximate surface area is 174 Å². The molecule has 0 aliphatic carbocycles. The fourth-order valence-corrected chi connectivity index (χ4v) is 2.72. The Bertz CT molecular complexity index is 886. The zero-order valence-electron chi connectivity index (χ0n) is 17.4. The van der Waals surface area contributed by atoms with E-state index in [1.54, 1.807) is 19.2 Å². The number of benzene rings is 2. The molecular formula is C22H25F2NO5. The summed E-state index contributed by atoms with van der Waals surface area (Å²) in [6.07, 6.45) is 3.83. The largest absolute Gasteiger partial charge is 0.493 e. The van der Waals surface area contributed by atoms with Crippen molar-refractivity contribution in [2.24, 2.45) is 0 Å². The lowest BCUT2D eigenvalue weighted by Gasteiger charge is -2.19. The molecule has 0 bridgehead atoms. The van der Waals surface area contributed by atoms with Gasteiger partial charge < -0.3 is 23.8 Å². The SMILES string of the molecule is C/C=C/c1ccc(OCC(=O)N(C)Cc2ccc(OC)c(OC(F)F)c2)c(OC)c1. The van der Waals surface area contributed by atoms with Gasteiger partial charge in [0, 0.05) is 13.6 Å². The maximum atomic E-state index is 12.6. The van der Waals surface area contributed by atoms with Crippen LogP contribution < -0.4 is 18.9 Å². The number of hydrogen-bond acceptors (Lipinski definition) is 5. The Morgan fingerprint density at radius 3 is 2.37 bits per heavy atom. The summed E-state index contributed by atoms with van der Waals surface area (Å²) in [5, 5.41) is 0. The number of ether oxygens (including phenoxy) is 4. The van der Waals surface area contributed by atoms with Gasteiger partial charge in [-0.15, -0.1) is 0 Å². The van der Waals surface area contributed by atoms with Gasteiger partial charge in [-0.3, -0.25) is 4.79 Å². The molecule has 1 amide bonds. The predicted molar refractivity (Wildman–Crippen MR) is 109 cm³/mol. The molecule has 2 aromatic rings. The van der Waals surface area contributed by atoms with Crippen molar-refractivity contribution in [3.63, 3.8) is 0 Å². The molecule has 0 aromatic heterocycles. The highest BCUT2D eigenvalue weighted by Crippen LogP contribution is 2.30. The minimum atomic E-state index is -2.98. The molecule has 0 saturated heterocycles. The first-order chi connectivity index (χ1) is 14.4. The molecule has 30 heavy (non-hydrogen) atoms. The number of halogens is 2. The summed E-state index contributed by atoms with van der Waals surface area (Å²) in [7, 11) is 4.48. The molecule has 0 aliphatic rings.